The van der Waals surface area contributed by atoms with Gasteiger partial charge in [0.25, 0.3) is 0 Å². The van der Waals surface area contributed by atoms with Crippen LogP contribution in [-0.2, 0) is 6.61 Å². The van der Waals surface area contributed by atoms with Gasteiger partial charge in [-0.15, -0.1) is 0 Å². The van der Waals surface area contributed by atoms with Gasteiger partial charge in [-0.05, 0) is 55.7 Å². The van der Waals surface area contributed by atoms with Gasteiger partial charge in [0.05, 0.1) is 0 Å². The van der Waals surface area contributed by atoms with Crippen molar-refractivity contribution in [1.29, 1.82) is 0 Å². The van der Waals surface area contributed by atoms with E-state index in [9.17, 15) is 4.39 Å². The molecule has 2 aromatic carbocycles. The maximum absolute atomic E-state index is 13.5. The molecular formula is C18H18FNO. The lowest BCUT2D eigenvalue weighted by molar-refractivity contribution is 0.300. The largest absolute Gasteiger partial charge is 0.489 e. The SMILES string of the molecule is C[C@@H]1CCC(c2ccc(OCc3ccccc3F)cc2)=N1. The van der Waals surface area contributed by atoms with E-state index in [0.29, 0.717) is 11.6 Å². The van der Waals surface area contributed by atoms with Gasteiger partial charge in [0.2, 0.25) is 0 Å². The highest BCUT2D eigenvalue weighted by Gasteiger charge is 2.14. The Morgan fingerprint density at radius 2 is 1.90 bits per heavy atom. The summed E-state index contributed by atoms with van der Waals surface area (Å²) in [6.45, 7) is 2.38. The van der Waals surface area contributed by atoms with E-state index in [1.54, 1.807) is 12.1 Å². The zero-order valence-corrected chi connectivity index (χ0v) is 12.1. The van der Waals surface area contributed by atoms with Crippen molar-refractivity contribution >= 4 is 5.71 Å². The molecule has 3 heteroatoms. The van der Waals surface area contributed by atoms with Crippen LogP contribution in [0.25, 0.3) is 0 Å². The molecule has 21 heavy (non-hydrogen) atoms. The molecule has 3 rings (SSSR count). The average molecular weight is 283 g/mol. The molecule has 1 aliphatic rings. The summed E-state index contributed by atoms with van der Waals surface area (Å²) in [4.78, 5) is 4.62. The van der Waals surface area contributed by atoms with Gasteiger partial charge in [0.15, 0.2) is 0 Å². The summed E-state index contributed by atoms with van der Waals surface area (Å²) in [5.74, 6) is 0.511. The van der Waals surface area contributed by atoms with E-state index in [-0.39, 0.29) is 12.4 Å². The first kappa shape index (κ1) is 13.8. The van der Waals surface area contributed by atoms with Crippen LogP contribution in [0, 0.1) is 5.82 Å². The standard InChI is InChI=1S/C18H18FNO/c1-13-6-11-18(20-13)14-7-9-16(10-8-14)21-12-15-4-2-3-5-17(15)19/h2-5,7-10,13H,6,11-12H2,1H3/t13-/m1/s1. The summed E-state index contributed by atoms with van der Waals surface area (Å²) in [7, 11) is 0. The van der Waals surface area contributed by atoms with Crippen molar-refractivity contribution < 1.29 is 9.13 Å². The van der Waals surface area contributed by atoms with Crippen LogP contribution in [0.3, 0.4) is 0 Å². The molecule has 0 amide bonds. The van der Waals surface area contributed by atoms with Crippen LogP contribution in [-0.4, -0.2) is 11.8 Å². The third kappa shape index (κ3) is 3.30. The van der Waals surface area contributed by atoms with Crippen molar-refractivity contribution in [3.8, 4) is 5.75 Å². The molecule has 0 radical (unpaired) electrons. The Morgan fingerprint density at radius 3 is 2.57 bits per heavy atom. The molecule has 0 aromatic heterocycles. The van der Waals surface area contributed by atoms with Crippen molar-refractivity contribution in [2.24, 2.45) is 4.99 Å². The molecule has 0 unspecified atom stereocenters. The molecule has 1 heterocycles. The lowest BCUT2D eigenvalue weighted by atomic mass is 10.1. The van der Waals surface area contributed by atoms with Crippen molar-refractivity contribution in [3.05, 3.63) is 65.5 Å². The number of benzene rings is 2. The van der Waals surface area contributed by atoms with Crippen molar-refractivity contribution in [2.45, 2.75) is 32.4 Å². The summed E-state index contributed by atoms with van der Waals surface area (Å²) in [5, 5.41) is 0. The van der Waals surface area contributed by atoms with Crippen LogP contribution in [0.1, 0.15) is 30.9 Å². The number of aliphatic imine (C=N–C) groups is 1. The number of ether oxygens (including phenoxy) is 1. The second kappa shape index (κ2) is 6.08. The lowest BCUT2D eigenvalue weighted by Gasteiger charge is -2.08. The van der Waals surface area contributed by atoms with Gasteiger partial charge in [-0.2, -0.15) is 0 Å². The Labute approximate surface area is 124 Å². The van der Waals surface area contributed by atoms with Crippen molar-refractivity contribution in [3.63, 3.8) is 0 Å². The van der Waals surface area contributed by atoms with Crippen LogP contribution in [0.15, 0.2) is 53.5 Å². The second-order valence-electron chi connectivity index (χ2n) is 5.37. The number of hydrogen-bond donors (Lipinski definition) is 0. The molecular weight excluding hydrogens is 265 g/mol. The zero-order chi connectivity index (χ0) is 14.7. The van der Waals surface area contributed by atoms with Gasteiger partial charge in [0, 0.05) is 17.3 Å². The molecule has 2 aromatic rings. The number of hydrogen-bond acceptors (Lipinski definition) is 2. The van der Waals surface area contributed by atoms with Gasteiger partial charge in [0.1, 0.15) is 18.2 Å². The van der Waals surface area contributed by atoms with Crippen molar-refractivity contribution in [2.75, 3.05) is 0 Å². The Kier molecular flexibility index (Phi) is 4.00. The van der Waals surface area contributed by atoms with E-state index >= 15 is 0 Å². The minimum absolute atomic E-state index is 0.233. The fraction of sp³-hybridized carbons (Fsp3) is 0.278. The Morgan fingerprint density at radius 1 is 1.14 bits per heavy atom. The van der Waals surface area contributed by atoms with Crippen LogP contribution in [0.2, 0.25) is 0 Å². The van der Waals surface area contributed by atoms with E-state index in [0.717, 1.165) is 24.2 Å². The predicted molar refractivity (Wildman–Crippen MR) is 82.4 cm³/mol. The van der Waals surface area contributed by atoms with Gasteiger partial charge >= 0.3 is 0 Å². The third-order valence-corrected chi connectivity index (χ3v) is 3.71. The number of halogens is 1. The molecule has 1 atom stereocenters. The minimum atomic E-state index is -0.233. The molecule has 0 saturated carbocycles. The van der Waals surface area contributed by atoms with Crippen LogP contribution in [0.5, 0.6) is 5.75 Å². The molecule has 0 saturated heterocycles. The summed E-state index contributed by atoms with van der Waals surface area (Å²) >= 11 is 0. The first-order valence-electron chi connectivity index (χ1n) is 7.26. The molecule has 0 spiro atoms. The third-order valence-electron chi connectivity index (χ3n) is 3.71. The van der Waals surface area contributed by atoms with Crippen LogP contribution >= 0.6 is 0 Å². The highest BCUT2D eigenvalue weighted by atomic mass is 19.1. The van der Waals surface area contributed by atoms with Gasteiger partial charge in [-0.1, -0.05) is 18.2 Å². The highest BCUT2D eigenvalue weighted by Crippen LogP contribution is 2.21. The average Bonchev–Trinajstić information content (AvgIpc) is 2.94. The Balaban J connectivity index is 1.65. The van der Waals surface area contributed by atoms with Gasteiger partial charge in [-0.25, -0.2) is 4.39 Å². The predicted octanol–water partition coefficient (Wildman–Crippen LogP) is 4.38. The van der Waals surface area contributed by atoms with E-state index < -0.39 is 0 Å². The summed E-state index contributed by atoms with van der Waals surface area (Å²) in [6, 6.07) is 15.0. The van der Waals surface area contributed by atoms with E-state index in [2.05, 4.69) is 11.9 Å². The first-order chi connectivity index (χ1) is 10.2. The normalized spacial score (nSPS) is 17.6. The fourth-order valence-corrected chi connectivity index (χ4v) is 2.48. The smallest absolute Gasteiger partial charge is 0.129 e. The van der Waals surface area contributed by atoms with Crippen molar-refractivity contribution in [1.82, 2.24) is 0 Å². The van der Waals surface area contributed by atoms with Gasteiger partial charge < -0.3 is 4.74 Å². The number of rotatable bonds is 4. The Hall–Kier alpha value is -2.16. The summed E-state index contributed by atoms with van der Waals surface area (Å²) < 4.78 is 19.1. The van der Waals surface area contributed by atoms with Crippen LogP contribution in [0.4, 0.5) is 4.39 Å². The van der Waals surface area contributed by atoms with Crippen LogP contribution < -0.4 is 4.74 Å². The van der Waals surface area contributed by atoms with E-state index in [4.69, 9.17) is 4.74 Å². The Bertz CT molecular complexity index is 649. The number of nitrogens with zero attached hydrogens (tertiary/aromatic N) is 1. The molecule has 108 valence electrons. The highest BCUT2D eigenvalue weighted by molar-refractivity contribution is 6.01. The second-order valence-corrected chi connectivity index (χ2v) is 5.37. The molecule has 2 nitrogen and oxygen atoms in total. The van der Waals surface area contributed by atoms with E-state index in [1.807, 2.05) is 30.3 Å². The monoisotopic (exact) mass is 283 g/mol. The quantitative estimate of drug-likeness (QED) is 0.816. The molecule has 0 aliphatic carbocycles. The molecule has 1 aliphatic heterocycles. The first-order valence-corrected chi connectivity index (χ1v) is 7.26. The topological polar surface area (TPSA) is 21.6 Å². The molecule has 0 fully saturated rings. The minimum Gasteiger partial charge on any atom is -0.489 e. The lowest BCUT2D eigenvalue weighted by Crippen LogP contribution is -1.99. The summed E-state index contributed by atoms with van der Waals surface area (Å²) in [5.41, 5.74) is 2.89. The maximum atomic E-state index is 13.5. The van der Waals surface area contributed by atoms with E-state index in [1.165, 1.54) is 11.8 Å². The molecule has 0 bridgehead atoms. The van der Waals surface area contributed by atoms with Gasteiger partial charge in [-0.3, -0.25) is 4.99 Å². The fourth-order valence-electron chi connectivity index (χ4n) is 2.48. The summed E-state index contributed by atoms with van der Waals surface area (Å²) in [6.07, 6.45) is 2.16. The maximum Gasteiger partial charge on any atom is 0.129 e. The zero-order valence-electron chi connectivity index (χ0n) is 12.1. The molecule has 0 N–H and O–H groups in total.